The number of pyridine rings is 1. The fraction of sp³-hybridized carbons (Fsp3) is 0.647. The third-order valence-electron chi connectivity index (χ3n) is 4.33. The summed E-state index contributed by atoms with van der Waals surface area (Å²) in [6, 6.07) is 4.05. The van der Waals surface area contributed by atoms with E-state index in [1.165, 1.54) is 19.3 Å². The number of hydrogen-bond acceptors (Lipinski definition) is 3. The first-order chi connectivity index (χ1) is 10.2. The van der Waals surface area contributed by atoms with Crippen LogP contribution in [0.4, 0.5) is 5.69 Å². The number of anilines is 1. The Morgan fingerprint density at radius 2 is 2.05 bits per heavy atom. The minimum absolute atomic E-state index is 0.0462. The minimum atomic E-state index is -0.0462. The summed E-state index contributed by atoms with van der Waals surface area (Å²) in [5, 5.41) is 6.42. The Kier molecular flexibility index (Phi) is 6.03. The summed E-state index contributed by atoms with van der Waals surface area (Å²) in [6.07, 6.45) is 8.66. The van der Waals surface area contributed by atoms with Crippen LogP contribution in [0.25, 0.3) is 0 Å². The van der Waals surface area contributed by atoms with Gasteiger partial charge in [-0.15, -0.1) is 0 Å². The van der Waals surface area contributed by atoms with Gasteiger partial charge in [0.25, 0.3) is 5.91 Å². The second-order valence-electron chi connectivity index (χ2n) is 5.96. The van der Waals surface area contributed by atoms with Gasteiger partial charge in [-0.2, -0.15) is 0 Å². The van der Waals surface area contributed by atoms with Crippen LogP contribution in [0.15, 0.2) is 18.3 Å². The first-order valence-corrected chi connectivity index (χ1v) is 8.23. The zero-order valence-corrected chi connectivity index (χ0v) is 13.2. The molecule has 1 aromatic rings. The molecule has 21 heavy (non-hydrogen) atoms. The molecule has 0 bridgehead atoms. The van der Waals surface area contributed by atoms with E-state index < -0.39 is 0 Å². The molecule has 1 heterocycles. The lowest BCUT2D eigenvalue weighted by molar-refractivity contribution is 0.0916. The van der Waals surface area contributed by atoms with E-state index in [1.54, 1.807) is 6.20 Å². The molecule has 1 amide bonds. The maximum atomic E-state index is 12.3. The lowest BCUT2D eigenvalue weighted by atomic mass is 9.84. The molecule has 116 valence electrons. The van der Waals surface area contributed by atoms with Crippen molar-refractivity contribution >= 4 is 11.6 Å². The molecule has 1 aromatic heterocycles. The normalized spacial score (nSPS) is 21.8. The highest BCUT2D eigenvalue weighted by molar-refractivity contribution is 5.93. The largest absolute Gasteiger partial charge is 0.385 e. The number of hydrogen-bond donors (Lipinski definition) is 2. The molecular weight excluding hydrogens is 262 g/mol. The summed E-state index contributed by atoms with van der Waals surface area (Å²) in [7, 11) is 0. The Bertz CT molecular complexity index is 453. The van der Waals surface area contributed by atoms with Gasteiger partial charge in [0.2, 0.25) is 0 Å². The van der Waals surface area contributed by atoms with E-state index in [0.717, 1.165) is 37.4 Å². The topological polar surface area (TPSA) is 54.0 Å². The van der Waals surface area contributed by atoms with E-state index in [2.05, 4.69) is 29.5 Å². The number of carbonyl (C=O) groups is 1. The summed E-state index contributed by atoms with van der Waals surface area (Å²) in [5.41, 5.74) is 1.47. The highest BCUT2D eigenvalue weighted by atomic mass is 16.1. The number of nitrogens with zero attached hydrogens (tertiary/aromatic N) is 1. The minimum Gasteiger partial charge on any atom is -0.385 e. The molecule has 1 fully saturated rings. The van der Waals surface area contributed by atoms with E-state index in [4.69, 9.17) is 0 Å². The van der Waals surface area contributed by atoms with Gasteiger partial charge in [-0.1, -0.05) is 20.3 Å². The van der Waals surface area contributed by atoms with Gasteiger partial charge in [0.05, 0.1) is 0 Å². The third kappa shape index (κ3) is 4.73. The van der Waals surface area contributed by atoms with Gasteiger partial charge in [-0.3, -0.25) is 9.78 Å². The number of aromatic nitrogens is 1. The van der Waals surface area contributed by atoms with Crippen molar-refractivity contribution in [2.45, 2.75) is 58.4 Å². The second-order valence-corrected chi connectivity index (χ2v) is 5.96. The lowest BCUT2D eigenvalue weighted by Gasteiger charge is -2.28. The van der Waals surface area contributed by atoms with Gasteiger partial charge in [0, 0.05) is 24.5 Å². The Balaban J connectivity index is 1.88. The molecule has 0 unspecified atom stereocenters. The summed E-state index contributed by atoms with van der Waals surface area (Å²) < 4.78 is 0. The molecule has 1 aliphatic carbocycles. The number of rotatable bonds is 6. The number of amides is 1. The predicted octanol–water partition coefficient (Wildman–Crippen LogP) is 3.60. The van der Waals surface area contributed by atoms with Crippen LogP contribution in [0.2, 0.25) is 0 Å². The van der Waals surface area contributed by atoms with Crippen molar-refractivity contribution in [3.8, 4) is 0 Å². The van der Waals surface area contributed by atoms with Crippen LogP contribution in [0, 0.1) is 5.92 Å². The molecule has 4 heteroatoms. The number of nitrogens with one attached hydrogen (secondary N) is 2. The van der Waals surface area contributed by atoms with Crippen molar-refractivity contribution in [1.29, 1.82) is 0 Å². The fourth-order valence-corrected chi connectivity index (χ4v) is 2.91. The number of carbonyl (C=O) groups excluding carboxylic acids is 1. The van der Waals surface area contributed by atoms with Crippen LogP contribution >= 0.6 is 0 Å². The molecule has 2 N–H and O–H groups in total. The SMILES string of the molecule is CCCNc1ccnc(C(=O)NC2CCC(CC)CC2)c1. The molecule has 1 saturated carbocycles. The maximum Gasteiger partial charge on any atom is 0.270 e. The van der Waals surface area contributed by atoms with Gasteiger partial charge in [-0.05, 0) is 50.2 Å². The first-order valence-electron chi connectivity index (χ1n) is 8.23. The average Bonchev–Trinajstić information content (AvgIpc) is 2.54. The standard InChI is InChI=1S/C17H27N3O/c1-3-10-18-15-9-11-19-16(12-15)17(21)20-14-7-5-13(4-2)6-8-14/h9,11-14H,3-8,10H2,1-2H3,(H,18,19)(H,20,21). The van der Waals surface area contributed by atoms with E-state index in [0.29, 0.717) is 11.7 Å². The van der Waals surface area contributed by atoms with Crippen LogP contribution in [-0.4, -0.2) is 23.5 Å². The summed E-state index contributed by atoms with van der Waals surface area (Å²) >= 11 is 0. The first kappa shape index (κ1) is 15.8. The Hall–Kier alpha value is -1.58. The average molecular weight is 289 g/mol. The predicted molar refractivity (Wildman–Crippen MR) is 86.5 cm³/mol. The molecular formula is C17H27N3O. The quantitative estimate of drug-likeness (QED) is 0.841. The molecule has 0 spiro atoms. The van der Waals surface area contributed by atoms with Crippen molar-refractivity contribution in [2.75, 3.05) is 11.9 Å². The smallest absolute Gasteiger partial charge is 0.270 e. The summed E-state index contributed by atoms with van der Waals surface area (Å²) in [6.45, 7) is 5.28. The Morgan fingerprint density at radius 1 is 1.29 bits per heavy atom. The van der Waals surface area contributed by atoms with Gasteiger partial charge in [-0.25, -0.2) is 0 Å². The lowest BCUT2D eigenvalue weighted by Crippen LogP contribution is -2.37. The molecule has 0 aliphatic heterocycles. The molecule has 4 nitrogen and oxygen atoms in total. The molecule has 2 rings (SSSR count). The van der Waals surface area contributed by atoms with E-state index >= 15 is 0 Å². The van der Waals surface area contributed by atoms with Gasteiger partial charge < -0.3 is 10.6 Å². The van der Waals surface area contributed by atoms with Gasteiger partial charge in [0.15, 0.2) is 0 Å². The van der Waals surface area contributed by atoms with Gasteiger partial charge >= 0.3 is 0 Å². The van der Waals surface area contributed by atoms with Crippen LogP contribution in [-0.2, 0) is 0 Å². The van der Waals surface area contributed by atoms with Crippen molar-refractivity contribution in [3.05, 3.63) is 24.0 Å². The molecule has 0 saturated heterocycles. The zero-order valence-electron chi connectivity index (χ0n) is 13.2. The van der Waals surface area contributed by atoms with E-state index in [9.17, 15) is 4.79 Å². The molecule has 1 aliphatic rings. The molecule has 0 atom stereocenters. The summed E-state index contributed by atoms with van der Waals surface area (Å²) in [4.78, 5) is 16.5. The molecule has 0 aromatic carbocycles. The third-order valence-corrected chi connectivity index (χ3v) is 4.33. The Morgan fingerprint density at radius 3 is 2.71 bits per heavy atom. The van der Waals surface area contributed by atoms with Crippen LogP contribution < -0.4 is 10.6 Å². The monoisotopic (exact) mass is 289 g/mol. The van der Waals surface area contributed by atoms with Crippen molar-refractivity contribution in [3.63, 3.8) is 0 Å². The maximum absolute atomic E-state index is 12.3. The van der Waals surface area contributed by atoms with Gasteiger partial charge in [0.1, 0.15) is 5.69 Å². The highest BCUT2D eigenvalue weighted by Gasteiger charge is 2.22. The zero-order chi connectivity index (χ0) is 15.1. The summed E-state index contributed by atoms with van der Waals surface area (Å²) in [5.74, 6) is 0.799. The molecule has 0 radical (unpaired) electrons. The van der Waals surface area contributed by atoms with E-state index in [-0.39, 0.29) is 5.91 Å². The van der Waals surface area contributed by atoms with Crippen molar-refractivity contribution in [2.24, 2.45) is 5.92 Å². The van der Waals surface area contributed by atoms with Crippen LogP contribution in [0.1, 0.15) is 62.9 Å². The second kappa shape index (κ2) is 8.01. The van der Waals surface area contributed by atoms with E-state index in [1.807, 2.05) is 12.1 Å². The fourth-order valence-electron chi connectivity index (χ4n) is 2.91. The van der Waals surface area contributed by atoms with Crippen LogP contribution in [0.5, 0.6) is 0 Å². The van der Waals surface area contributed by atoms with Crippen molar-refractivity contribution in [1.82, 2.24) is 10.3 Å². The van der Waals surface area contributed by atoms with Crippen LogP contribution in [0.3, 0.4) is 0 Å². The Labute approximate surface area is 127 Å². The highest BCUT2D eigenvalue weighted by Crippen LogP contribution is 2.26. The van der Waals surface area contributed by atoms with Crippen molar-refractivity contribution < 1.29 is 4.79 Å².